The molecule has 1 aromatic carbocycles. The number of alkyl halides is 3. The Balaban J connectivity index is 2.04. The van der Waals surface area contributed by atoms with Crippen molar-refractivity contribution in [2.75, 3.05) is 23.4 Å². The molecular weight excluding hydrogens is 451 g/mol. The molecule has 0 aliphatic rings. The Morgan fingerprint density at radius 3 is 2.61 bits per heavy atom. The highest BCUT2D eigenvalue weighted by atomic mass is 35.5. The molecule has 11 heteroatoms. The van der Waals surface area contributed by atoms with E-state index in [-0.39, 0.29) is 17.1 Å². The summed E-state index contributed by atoms with van der Waals surface area (Å²) in [6, 6.07) is 7.93. The van der Waals surface area contributed by atoms with E-state index < -0.39 is 17.8 Å². The molecule has 6 nitrogen and oxygen atoms in total. The molecule has 0 unspecified atom stereocenters. The number of halogens is 4. The van der Waals surface area contributed by atoms with Crippen molar-refractivity contribution >= 4 is 40.6 Å². The van der Waals surface area contributed by atoms with E-state index in [1.807, 2.05) is 13.0 Å². The van der Waals surface area contributed by atoms with E-state index in [0.717, 1.165) is 17.8 Å². The van der Waals surface area contributed by atoms with Crippen LogP contribution >= 0.6 is 23.4 Å². The first-order valence-corrected chi connectivity index (χ1v) is 10.5. The number of carbonyl (C=O) groups excluding carboxylic acids is 1. The molecule has 2 aromatic heterocycles. The average molecular weight is 470 g/mol. The van der Waals surface area contributed by atoms with Crippen LogP contribution < -0.4 is 10.6 Å². The van der Waals surface area contributed by atoms with Crippen molar-refractivity contribution in [3.8, 4) is 11.3 Å². The summed E-state index contributed by atoms with van der Waals surface area (Å²) in [7, 11) is 3.22. The van der Waals surface area contributed by atoms with E-state index in [2.05, 4.69) is 20.7 Å². The third kappa shape index (κ3) is 4.96. The Hall–Kier alpha value is -2.72. The molecule has 31 heavy (non-hydrogen) atoms. The van der Waals surface area contributed by atoms with Crippen LogP contribution in [0.5, 0.6) is 0 Å². The molecule has 2 N–H and O–H groups in total. The Bertz CT molecular complexity index is 1120. The number of benzene rings is 1. The molecule has 3 rings (SSSR count). The standard InChI is InChI=1S/C20H19ClF3N5OS/c1-4-31-18-16(28-29(3)17(18)11-6-5-7-12(21)8-11)19(30)27-13-9-15(20(22,23)24)26-10-14(13)25-2/h5-10,25H,4H2,1-3H3,(H,26,27,30). The third-order valence-corrected chi connectivity index (χ3v) is 5.52. The summed E-state index contributed by atoms with van der Waals surface area (Å²) in [6.07, 6.45) is -3.62. The number of hydrogen-bond donors (Lipinski definition) is 2. The van der Waals surface area contributed by atoms with E-state index in [0.29, 0.717) is 21.4 Å². The Morgan fingerprint density at radius 2 is 2.00 bits per heavy atom. The molecule has 1 amide bonds. The lowest BCUT2D eigenvalue weighted by Crippen LogP contribution is -2.17. The maximum Gasteiger partial charge on any atom is 0.433 e. The number of aryl methyl sites for hydroxylation is 1. The lowest BCUT2D eigenvalue weighted by molar-refractivity contribution is -0.141. The smallest absolute Gasteiger partial charge is 0.385 e. The molecule has 0 aliphatic carbocycles. The van der Waals surface area contributed by atoms with Crippen LogP contribution in [0.3, 0.4) is 0 Å². The SMILES string of the molecule is CCSc1c(C(=O)Nc2cc(C(F)(F)F)ncc2NC)nn(C)c1-c1cccc(Cl)c1. The minimum absolute atomic E-state index is 0.0442. The highest BCUT2D eigenvalue weighted by Gasteiger charge is 2.33. The molecule has 2 heterocycles. The molecule has 0 saturated heterocycles. The van der Waals surface area contributed by atoms with Gasteiger partial charge in [0.2, 0.25) is 0 Å². The number of aromatic nitrogens is 3. The Morgan fingerprint density at radius 1 is 1.26 bits per heavy atom. The topological polar surface area (TPSA) is 71.8 Å². The fourth-order valence-corrected chi connectivity index (χ4v) is 4.12. The highest BCUT2D eigenvalue weighted by Crippen LogP contribution is 2.36. The van der Waals surface area contributed by atoms with Crippen molar-refractivity contribution in [3.05, 3.63) is 52.9 Å². The van der Waals surface area contributed by atoms with Crippen molar-refractivity contribution in [2.45, 2.75) is 18.0 Å². The van der Waals surface area contributed by atoms with Crippen LogP contribution in [0, 0.1) is 0 Å². The summed E-state index contributed by atoms with van der Waals surface area (Å²) < 4.78 is 40.8. The van der Waals surface area contributed by atoms with Crippen LogP contribution in [0.1, 0.15) is 23.1 Å². The van der Waals surface area contributed by atoms with Gasteiger partial charge in [0.05, 0.1) is 28.2 Å². The van der Waals surface area contributed by atoms with Gasteiger partial charge in [-0.05, 0) is 24.0 Å². The van der Waals surface area contributed by atoms with Gasteiger partial charge in [-0.15, -0.1) is 11.8 Å². The van der Waals surface area contributed by atoms with Crippen molar-refractivity contribution in [3.63, 3.8) is 0 Å². The quantitative estimate of drug-likeness (QED) is 0.462. The van der Waals surface area contributed by atoms with E-state index in [1.165, 1.54) is 18.8 Å². The number of hydrogen-bond acceptors (Lipinski definition) is 5. The van der Waals surface area contributed by atoms with Crippen molar-refractivity contribution in [1.82, 2.24) is 14.8 Å². The van der Waals surface area contributed by atoms with Gasteiger partial charge in [0.25, 0.3) is 5.91 Å². The van der Waals surface area contributed by atoms with Gasteiger partial charge in [0, 0.05) is 24.7 Å². The monoisotopic (exact) mass is 469 g/mol. The van der Waals surface area contributed by atoms with E-state index in [9.17, 15) is 18.0 Å². The molecular formula is C20H19ClF3N5OS. The van der Waals surface area contributed by atoms with Crippen LogP contribution in [0.4, 0.5) is 24.5 Å². The largest absolute Gasteiger partial charge is 0.433 e. The number of nitrogens with zero attached hydrogens (tertiary/aromatic N) is 3. The molecule has 0 aliphatic heterocycles. The van der Waals surface area contributed by atoms with Crippen LogP contribution in [0.15, 0.2) is 41.4 Å². The van der Waals surface area contributed by atoms with Gasteiger partial charge in [-0.3, -0.25) is 9.48 Å². The summed E-state index contributed by atoms with van der Waals surface area (Å²) in [6.45, 7) is 1.93. The maximum absolute atomic E-state index is 13.1. The molecule has 0 radical (unpaired) electrons. The van der Waals surface area contributed by atoms with E-state index in [4.69, 9.17) is 11.6 Å². The van der Waals surface area contributed by atoms with Crippen molar-refractivity contribution < 1.29 is 18.0 Å². The molecule has 0 bridgehead atoms. The fraction of sp³-hybridized carbons (Fsp3) is 0.250. The molecule has 3 aromatic rings. The van der Waals surface area contributed by atoms with Gasteiger partial charge >= 0.3 is 6.18 Å². The number of nitrogens with one attached hydrogen (secondary N) is 2. The Kier molecular flexibility index (Phi) is 6.80. The van der Waals surface area contributed by atoms with Gasteiger partial charge in [0.15, 0.2) is 5.69 Å². The average Bonchev–Trinajstić information content (AvgIpc) is 3.03. The summed E-state index contributed by atoms with van der Waals surface area (Å²) in [5.41, 5.74) is 0.673. The second-order valence-electron chi connectivity index (χ2n) is 6.41. The first-order valence-electron chi connectivity index (χ1n) is 9.17. The third-order valence-electron chi connectivity index (χ3n) is 4.32. The first kappa shape index (κ1) is 23.0. The maximum atomic E-state index is 13.1. The molecule has 0 spiro atoms. The zero-order valence-electron chi connectivity index (χ0n) is 16.8. The van der Waals surface area contributed by atoms with Crippen LogP contribution in [-0.4, -0.2) is 33.5 Å². The van der Waals surface area contributed by atoms with Gasteiger partial charge in [-0.2, -0.15) is 18.3 Å². The minimum atomic E-state index is -4.64. The molecule has 164 valence electrons. The molecule has 0 saturated carbocycles. The Labute approximate surface area is 186 Å². The predicted molar refractivity (Wildman–Crippen MR) is 117 cm³/mol. The molecule has 0 atom stereocenters. The number of thioether (sulfide) groups is 1. The summed E-state index contributed by atoms with van der Waals surface area (Å²) in [5.74, 6) is 0.0325. The van der Waals surface area contributed by atoms with Crippen molar-refractivity contribution in [2.24, 2.45) is 7.05 Å². The lowest BCUT2D eigenvalue weighted by atomic mass is 10.1. The fourth-order valence-electron chi connectivity index (χ4n) is 2.98. The second kappa shape index (κ2) is 9.19. The normalized spacial score (nSPS) is 11.5. The van der Waals surface area contributed by atoms with Gasteiger partial charge in [0.1, 0.15) is 5.69 Å². The van der Waals surface area contributed by atoms with Crippen LogP contribution in [-0.2, 0) is 13.2 Å². The van der Waals surface area contributed by atoms with E-state index in [1.54, 1.807) is 29.9 Å². The van der Waals surface area contributed by atoms with Crippen LogP contribution in [0.2, 0.25) is 5.02 Å². The number of pyridine rings is 1. The van der Waals surface area contributed by atoms with Crippen LogP contribution in [0.25, 0.3) is 11.3 Å². The number of anilines is 2. The lowest BCUT2D eigenvalue weighted by Gasteiger charge is -2.13. The zero-order chi connectivity index (χ0) is 22.8. The van der Waals surface area contributed by atoms with Gasteiger partial charge in [-0.25, -0.2) is 4.98 Å². The number of carbonyl (C=O) groups is 1. The number of rotatable bonds is 6. The van der Waals surface area contributed by atoms with Gasteiger partial charge < -0.3 is 10.6 Å². The van der Waals surface area contributed by atoms with Gasteiger partial charge in [-0.1, -0.05) is 30.7 Å². The predicted octanol–water partition coefficient (Wildman–Crippen LogP) is 5.56. The second-order valence-corrected chi connectivity index (χ2v) is 8.12. The minimum Gasteiger partial charge on any atom is -0.385 e. The van der Waals surface area contributed by atoms with E-state index >= 15 is 0 Å². The summed E-state index contributed by atoms with van der Waals surface area (Å²) in [4.78, 5) is 17.1. The first-order chi connectivity index (χ1) is 14.7. The van der Waals surface area contributed by atoms with Crippen molar-refractivity contribution in [1.29, 1.82) is 0 Å². The number of amides is 1. The molecule has 0 fully saturated rings. The summed E-state index contributed by atoms with van der Waals surface area (Å²) >= 11 is 7.53. The zero-order valence-corrected chi connectivity index (χ0v) is 18.4. The highest BCUT2D eigenvalue weighted by molar-refractivity contribution is 7.99. The summed E-state index contributed by atoms with van der Waals surface area (Å²) in [5, 5.41) is 10.1.